The summed E-state index contributed by atoms with van der Waals surface area (Å²) in [6.45, 7) is 67.7. The molecule has 0 N–H and O–H groups in total. The van der Waals surface area contributed by atoms with Gasteiger partial charge in [0.1, 0.15) is 22.8 Å². The third kappa shape index (κ3) is 26.9. The maximum Gasteiger partial charge on any atom is 0.277 e. The number of fused-ring (bicyclic) bond motifs is 4. The molecule has 0 amide bonds. The maximum absolute atomic E-state index is 13.6. The molecule has 8 heterocycles. The third-order valence-corrected chi connectivity index (χ3v) is 26.3. The van der Waals surface area contributed by atoms with Crippen LogP contribution in [-0.4, -0.2) is 137 Å². The molecular weight excluding hydrogens is 1710 g/mol. The Morgan fingerprint density at radius 2 is 0.486 bits per heavy atom. The summed E-state index contributed by atoms with van der Waals surface area (Å²) in [6, 6.07) is 25.6. The van der Waals surface area contributed by atoms with Crippen LogP contribution in [0.5, 0.6) is 0 Å². The number of aryl methyl sites for hydroxylation is 8. The van der Waals surface area contributed by atoms with E-state index in [4.69, 9.17) is 60.3 Å². The summed E-state index contributed by atoms with van der Waals surface area (Å²) >= 11 is 0. The van der Waals surface area contributed by atoms with Crippen molar-refractivity contribution in [1.29, 1.82) is 0 Å². The van der Waals surface area contributed by atoms with Crippen LogP contribution in [0.2, 0.25) is 0 Å². The minimum atomic E-state index is -0.276. The van der Waals surface area contributed by atoms with E-state index in [1.807, 2.05) is 0 Å². The topological polar surface area (TPSA) is 251 Å². The highest BCUT2D eigenvalue weighted by atomic mass is 16.2. The van der Waals surface area contributed by atoms with Crippen LogP contribution in [0.25, 0.3) is 0 Å². The maximum atomic E-state index is 13.6. The van der Waals surface area contributed by atoms with Crippen molar-refractivity contribution in [2.75, 3.05) is 72.0 Å². The number of rotatable bonds is 44. The first-order chi connectivity index (χ1) is 66.3. The van der Waals surface area contributed by atoms with Gasteiger partial charge in [-0.3, -0.25) is 19.2 Å². The zero-order valence-electron chi connectivity index (χ0n) is 90.0. The van der Waals surface area contributed by atoms with Crippen LogP contribution in [0.1, 0.15) is 385 Å². The quantitative estimate of drug-likeness (QED) is 0.0323. The Morgan fingerprint density at radius 1 is 0.261 bits per heavy atom. The van der Waals surface area contributed by atoms with Gasteiger partial charge in [0.05, 0.1) is 68.4 Å². The SMILES string of the molecule is CCCCCC1=Nn2c(nc(CCC)c(CCCC)c2=O)C1=Nc1ccc(N(CC)CC)cc1C.CCCCCc1c(CCC)nc2n(c1=O)N=C(C(C)(C)C)C2=Nc1ccc(N(CC)CC)cc1C.CCCCCc1c(CCC)nc2n(c1=O)N=C(CCC)C2=Nc1ccc(N(CC)CC)cc1C.CCCCc1c(CCC)nc2n(c1=O)N=C(C(C)(C)C)C2=Nc1ccc(N(CC)CC)cc1C. The highest BCUT2D eigenvalue weighted by Crippen LogP contribution is 2.36. The monoisotopic (exact) mass is 1880 g/mol. The zero-order chi connectivity index (χ0) is 101. The number of benzene rings is 4. The molecule has 4 aliphatic rings. The predicted molar refractivity (Wildman–Crippen MR) is 587 cm³/mol. The van der Waals surface area contributed by atoms with E-state index in [9.17, 15) is 19.2 Å². The van der Waals surface area contributed by atoms with Gasteiger partial charge >= 0.3 is 0 Å². The normalized spacial score (nSPS) is 14.2. The Morgan fingerprint density at radius 3 is 0.717 bits per heavy atom. The summed E-state index contributed by atoms with van der Waals surface area (Å²) in [4.78, 5) is 104. The average Bonchev–Trinajstić information content (AvgIpc) is 1.62. The van der Waals surface area contributed by atoms with Crippen LogP contribution in [0, 0.1) is 38.5 Å². The van der Waals surface area contributed by atoms with Gasteiger partial charge in [-0.05, 0) is 274 Å². The Bertz CT molecular complexity index is 5990. The molecule has 4 aromatic heterocycles. The number of hydrogen-bond donors (Lipinski definition) is 0. The highest BCUT2D eigenvalue weighted by molar-refractivity contribution is 6.52. The number of aromatic nitrogens is 8. The molecule has 12 rings (SSSR count). The molecule has 0 saturated heterocycles. The molecule has 0 unspecified atom stereocenters. The van der Waals surface area contributed by atoms with Crippen molar-refractivity contribution in [2.45, 2.75) is 374 Å². The van der Waals surface area contributed by atoms with E-state index in [0.717, 1.165) is 356 Å². The minimum absolute atomic E-state index is 0.0151. The van der Waals surface area contributed by atoms with Crippen LogP contribution in [0.4, 0.5) is 45.5 Å². The van der Waals surface area contributed by atoms with Gasteiger partial charge in [-0.25, -0.2) is 39.9 Å². The van der Waals surface area contributed by atoms with Gasteiger partial charge in [-0.15, -0.1) is 0 Å². The summed E-state index contributed by atoms with van der Waals surface area (Å²) in [6.07, 6.45) is 26.4. The highest BCUT2D eigenvalue weighted by Gasteiger charge is 2.39. The molecule has 0 spiro atoms. The fourth-order valence-electron chi connectivity index (χ4n) is 18.3. The zero-order valence-corrected chi connectivity index (χ0v) is 90.0. The van der Waals surface area contributed by atoms with E-state index < -0.39 is 0 Å². The van der Waals surface area contributed by atoms with Crippen molar-refractivity contribution >= 4 is 91.2 Å². The fraction of sp³-hybridized carbons (Fsp3) is 0.579. The van der Waals surface area contributed by atoms with Crippen LogP contribution < -0.4 is 41.8 Å². The molecule has 138 heavy (non-hydrogen) atoms. The second-order valence-corrected chi connectivity index (χ2v) is 39.1. The number of hydrogen-bond acceptors (Lipinski definition) is 20. The standard InChI is InChI=1S/2C29H43N5O.2C28H41N5O/c1-9-13-14-16-22-24(15-10-2)31-27-25(26(29(6,7)8)32-34(27)28(22)35)30-23-18-17-21(19-20(23)5)33(11-3)12-4;1-7-12-14-17-26-27(30-24-19-18-22(20-21(24)6)33(10-4)11-5)28-31-25(15-9-3)23(16-13-8-2)29(35)34(28)32-26;1-9-13-15-21-23(14-10-2)30-26-24(25(28(6,7)8)31-33(26)27(21)34)29-22-17-16-20(18-19(22)5)32(11-3)12-4;1-7-12-13-16-22-24(14-8-2)30-27-26(25(15-9-3)31-33(27)28(22)34)29-23-18-17-21(19-20(23)6)32(10-4)11-5/h17-19H,9-16H2,1-8H3;18-20H,7-17H2,1-6H3;16-18H,9-15H2,1-8H3;17-19H,7-16H2,1-6H3. The van der Waals surface area contributed by atoms with E-state index in [0.29, 0.717) is 34.7 Å². The van der Waals surface area contributed by atoms with Gasteiger partial charge in [0.25, 0.3) is 22.2 Å². The third-order valence-electron chi connectivity index (χ3n) is 26.3. The van der Waals surface area contributed by atoms with Crippen molar-refractivity contribution in [3.8, 4) is 0 Å². The number of nitrogens with zero attached hydrogens (tertiary/aromatic N) is 20. The molecule has 24 heteroatoms. The van der Waals surface area contributed by atoms with Crippen molar-refractivity contribution in [1.82, 2.24) is 38.6 Å². The Hall–Kier alpha value is -11.0. The van der Waals surface area contributed by atoms with Gasteiger partial charge in [-0.1, -0.05) is 194 Å². The van der Waals surface area contributed by atoms with Crippen molar-refractivity contribution < 1.29 is 0 Å². The summed E-state index contributed by atoms with van der Waals surface area (Å²) in [5, 5.41) is 19.1. The van der Waals surface area contributed by atoms with Crippen molar-refractivity contribution in [3.63, 3.8) is 0 Å². The summed E-state index contributed by atoms with van der Waals surface area (Å²) in [5.74, 6) is 2.36. The molecule has 8 aromatic rings. The molecule has 0 bridgehead atoms. The van der Waals surface area contributed by atoms with E-state index >= 15 is 0 Å². The minimum Gasteiger partial charge on any atom is -0.372 e. The van der Waals surface area contributed by atoms with Crippen molar-refractivity contribution in [3.05, 3.63) is 205 Å². The molecule has 748 valence electrons. The van der Waals surface area contributed by atoms with E-state index in [2.05, 4.69) is 286 Å². The second kappa shape index (κ2) is 52.8. The Labute approximate surface area is 826 Å². The lowest BCUT2D eigenvalue weighted by molar-refractivity contribution is 0.591. The van der Waals surface area contributed by atoms with Gasteiger partial charge in [-0.2, -0.15) is 39.1 Å². The molecule has 0 fully saturated rings. The molecule has 4 aromatic carbocycles. The molecule has 0 atom stereocenters. The summed E-state index contributed by atoms with van der Waals surface area (Å²) in [7, 11) is 0. The van der Waals surface area contributed by atoms with Gasteiger partial charge in [0.2, 0.25) is 0 Å². The Kier molecular flexibility index (Phi) is 42.3. The first kappa shape index (κ1) is 111. The van der Waals surface area contributed by atoms with Crippen LogP contribution in [0.15, 0.2) is 132 Å². The number of unbranched alkanes of at least 4 members (excludes halogenated alkanes) is 8. The largest absolute Gasteiger partial charge is 0.372 e. The van der Waals surface area contributed by atoms with Crippen LogP contribution >= 0.6 is 0 Å². The summed E-state index contributed by atoms with van der Waals surface area (Å²) in [5.41, 5.74) is 25.4. The number of aliphatic imine (C=N–C) groups is 4. The lowest BCUT2D eigenvalue weighted by atomic mass is 9.87. The first-order valence-electron chi connectivity index (χ1n) is 53.0. The van der Waals surface area contributed by atoms with E-state index in [1.54, 1.807) is 0 Å². The molecule has 24 nitrogen and oxygen atoms in total. The molecule has 4 aliphatic heterocycles. The van der Waals surface area contributed by atoms with E-state index in [-0.39, 0.29) is 33.1 Å². The van der Waals surface area contributed by atoms with E-state index in [1.165, 1.54) is 41.5 Å². The first-order valence-corrected chi connectivity index (χ1v) is 53.0. The molecule has 0 saturated carbocycles. The number of anilines is 4. The van der Waals surface area contributed by atoms with Crippen LogP contribution in [0.3, 0.4) is 0 Å². The summed E-state index contributed by atoms with van der Waals surface area (Å²) < 4.78 is 6.07. The molecule has 0 radical (unpaired) electrons. The predicted octanol–water partition coefficient (Wildman–Crippen LogP) is 25.4. The van der Waals surface area contributed by atoms with Gasteiger partial charge in [0.15, 0.2) is 23.3 Å². The molecular formula is C114H168N20O4. The molecule has 0 aliphatic carbocycles. The smallest absolute Gasteiger partial charge is 0.277 e. The van der Waals surface area contributed by atoms with Crippen molar-refractivity contribution in [2.24, 2.45) is 51.2 Å². The van der Waals surface area contributed by atoms with Gasteiger partial charge < -0.3 is 19.6 Å². The second-order valence-electron chi connectivity index (χ2n) is 39.1. The lowest BCUT2D eigenvalue weighted by Gasteiger charge is -2.22. The average molecular weight is 1880 g/mol. The van der Waals surface area contributed by atoms with Gasteiger partial charge in [0, 0.05) is 108 Å². The fourth-order valence-corrected chi connectivity index (χ4v) is 18.3. The lowest BCUT2D eigenvalue weighted by Crippen LogP contribution is -2.29. The Balaban J connectivity index is 0.000000206. The van der Waals surface area contributed by atoms with Crippen LogP contribution in [-0.2, 0) is 51.4 Å².